The van der Waals surface area contributed by atoms with E-state index >= 15 is 0 Å². The Labute approximate surface area is 64.6 Å². The Morgan fingerprint density at radius 1 is 1.30 bits per heavy atom. The van der Waals surface area contributed by atoms with E-state index in [-0.39, 0.29) is 10.9 Å². The van der Waals surface area contributed by atoms with E-state index in [9.17, 15) is 0 Å². The van der Waals surface area contributed by atoms with Gasteiger partial charge in [-0.2, -0.15) is 0 Å². The first-order valence-electron chi connectivity index (χ1n) is 3.10. The molecule has 0 saturated carbocycles. The van der Waals surface area contributed by atoms with Gasteiger partial charge < -0.3 is 5.73 Å². The maximum atomic E-state index is 5.51. The molecule has 1 radical (unpaired) electrons. The van der Waals surface area contributed by atoms with Gasteiger partial charge in [-0.3, -0.25) is 0 Å². The summed E-state index contributed by atoms with van der Waals surface area (Å²) >= 11 is 0. The molecule has 0 aliphatic carbocycles. The molecule has 0 bridgehead atoms. The maximum Gasteiger partial charge on any atom is 0.0314 e. The van der Waals surface area contributed by atoms with E-state index in [1.165, 1.54) is 4.90 Å². The predicted molar refractivity (Wildman–Crippen MR) is 49.4 cm³/mol. The fraction of sp³-hybridized carbons (Fsp3) is 0.125. The van der Waals surface area contributed by atoms with Gasteiger partial charge in [0, 0.05) is 5.69 Å². The monoisotopic (exact) mass is 154 g/mol. The molecular formula is C8H12NS. The highest BCUT2D eigenvalue weighted by Gasteiger charge is 1.92. The Morgan fingerprint density at radius 2 is 1.80 bits per heavy atom. The van der Waals surface area contributed by atoms with Crippen molar-refractivity contribution in [3.8, 4) is 0 Å². The van der Waals surface area contributed by atoms with Crippen molar-refractivity contribution in [2.45, 2.75) is 4.90 Å². The molecule has 1 atom stereocenters. The molecule has 0 fully saturated rings. The first-order valence-corrected chi connectivity index (χ1v) is 5.07. The van der Waals surface area contributed by atoms with E-state index in [2.05, 4.69) is 12.5 Å². The molecule has 2 heteroatoms. The van der Waals surface area contributed by atoms with Crippen molar-refractivity contribution in [2.24, 2.45) is 0 Å². The zero-order chi connectivity index (χ0) is 7.56. The average molecular weight is 154 g/mol. The summed E-state index contributed by atoms with van der Waals surface area (Å²) in [6, 6.07) is 7.90. The van der Waals surface area contributed by atoms with E-state index in [4.69, 9.17) is 5.73 Å². The summed E-state index contributed by atoms with van der Waals surface area (Å²) in [6.45, 7) is 0. The zero-order valence-corrected chi connectivity index (χ0v) is 6.94. The van der Waals surface area contributed by atoms with Gasteiger partial charge in [0.25, 0.3) is 0 Å². The van der Waals surface area contributed by atoms with Crippen molar-refractivity contribution in [1.29, 1.82) is 0 Å². The molecule has 55 valence electrons. The van der Waals surface area contributed by atoms with Gasteiger partial charge in [0.2, 0.25) is 0 Å². The highest BCUT2D eigenvalue weighted by Crippen LogP contribution is 2.29. The highest BCUT2D eigenvalue weighted by atomic mass is 32.2. The normalized spacial score (nSPS) is 11.2. The van der Waals surface area contributed by atoms with Crippen LogP contribution >= 0.6 is 10.9 Å². The van der Waals surface area contributed by atoms with Crippen molar-refractivity contribution in [2.75, 3.05) is 12.0 Å². The highest BCUT2D eigenvalue weighted by molar-refractivity contribution is 8.17. The van der Waals surface area contributed by atoms with Crippen molar-refractivity contribution >= 4 is 16.6 Å². The fourth-order valence-corrected chi connectivity index (χ4v) is 1.39. The molecule has 0 spiro atoms. The standard InChI is InChI=1S/C8H12NS/c1-10(2)8-5-3-7(9)4-6-8/h3-6,10H,1,9H2,2H3. The first kappa shape index (κ1) is 7.48. The number of rotatable bonds is 1. The van der Waals surface area contributed by atoms with Crippen LogP contribution in [-0.2, 0) is 0 Å². The minimum Gasteiger partial charge on any atom is -0.399 e. The quantitative estimate of drug-likeness (QED) is 0.470. The number of nitrogens with two attached hydrogens (primary N) is 1. The SMILES string of the molecule is [CH2][SH](C)c1ccc(N)cc1. The average Bonchev–Trinajstić information content (AvgIpc) is 1.88. The summed E-state index contributed by atoms with van der Waals surface area (Å²) in [5.74, 6) is 0. The molecule has 0 saturated heterocycles. The Balaban J connectivity index is 2.89. The third kappa shape index (κ3) is 1.67. The lowest BCUT2D eigenvalue weighted by Crippen LogP contribution is -1.83. The molecule has 10 heavy (non-hydrogen) atoms. The molecule has 0 aromatic heterocycles. The number of nitrogen functional groups attached to an aromatic ring is 1. The molecule has 1 rings (SSSR count). The third-order valence-electron chi connectivity index (χ3n) is 1.33. The van der Waals surface area contributed by atoms with E-state index in [0.717, 1.165) is 5.69 Å². The van der Waals surface area contributed by atoms with E-state index < -0.39 is 0 Å². The maximum absolute atomic E-state index is 5.51. The van der Waals surface area contributed by atoms with Crippen LogP contribution in [-0.4, -0.2) is 6.26 Å². The number of hydrogen-bond donors (Lipinski definition) is 2. The molecular weight excluding hydrogens is 142 g/mol. The van der Waals surface area contributed by atoms with Crippen LogP contribution < -0.4 is 5.73 Å². The van der Waals surface area contributed by atoms with Crippen LogP contribution in [0.2, 0.25) is 0 Å². The van der Waals surface area contributed by atoms with E-state index in [0.29, 0.717) is 0 Å². The van der Waals surface area contributed by atoms with Gasteiger partial charge >= 0.3 is 0 Å². The van der Waals surface area contributed by atoms with Gasteiger partial charge in [-0.15, -0.1) is 0 Å². The lowest BCUT2D eigenvalue weighted by Gasteiger charge is -2.08. The lowest BCUT2D eigenvalue weighted by atomic mass is 10.3. The topological polar surface area (TPSA) is 26.0 Å². The second kappa shape index (κ2) is 2.97. The molecule has 0 heterocycles. The summed E-state index contributed by atoms with van der Waals surface area (Å²) in [6.07, 6.45) is 6.09. The predicted octanol–water partition coefficient (Wildman–Crippen LogP) is 2.05. The molecule has 1 unspecified atom stereocenters. The van der Waals surface area contributed by atoms with Crippen molar-refractivity contribution in [3.63, 3.8) is 0 Å². The van der Waals surface area contributed by atoms with Crippen molar-refractivity contribution in [1.82, 2.24) is 0 Å². The van der Waals surface area contributed by atoms with Gasteiger partial charge in [0.15, 0.2) is 0 Å². The van der Waals surface area contributed by atoms with Crippen molar-refractivity contribution < 1.29 is 0 Å². The summed E-state index contributed by atoms with van der Waals surface area (Å²) in [4.78, 5) is 1.30. The van der Waals surface area contributed by atoms with Crippen LogP contribution in [0, 0.1) is 6.26 Å². The van der Waals surface area contributed by atoms with Gasteiger partial charge in [0.05, 0.1) is 0 Å². The van der Waals surface area contributed by atoms with Crippen LogP contribution in [0.5, 0.6) is 0 Å². The molecule has 0 amide bonds. The van der Waals surface area contributed by atoms with Gasteiger partial charge in [-0.05, 0) is 41.7 Å². The van der Waals surface area contributed by atoms with Crippen LogP contribution in [0.1, 0.15) is 0 Å². The van der Waals surface area contributed by atoms with Crippen LogP contribution in [0.25, 0.3) is 0 Å². The Kier molecular flexibility index (Phi) is 2.22. The summed E-state index contributed by atoms with van der Waals surface area (Å²) in [5, 5.41) is 0. The molecule has 1 aromatic rings. The summed E-state index contributed by atoms with van der Waals surface area (Å²) in [7, 11) is -0.214. The number of benzene rings is 1. The third-order valence-corrected chi connectivity index (χ3v) is 2.51. The van der Waals surface area contributed by atoms with Gasteiger partial charge in [0.1, 0.15) is 0 Å². The second-order valence-electron chi connectivity index (χ2n) is 2.29. The van der Waals surface area contributed by atoms with Gasteiger partial charge in [-0.1, -0.05) is 0 Å². The Morgan fingerprint density at radius 3 is 2.20 bits per heavy atom. The molecule has 0 aliphatic rings. The first-order chi connectivity index (χ1) is 4.70. The van der Waals surface area contributed by atoms with Crippen LogP contribution in [0.15, 0.2) is 29.2 Å². The fourth-order valence-electron chi connectivity index (χ4n) is 0.729. The van der Waals surface area contributed by atoms with Crippen molar-refractivity contribution in [3.05, 3.63) is 30.5 Å². The minimum atomic E-state index is -0.214. The Bertz CT molecular complexity index is 203. The minimum absolute atomic E-state index is 0.214. The zero-order valence-electron chi connectivity index (χ0n) is 6.04. The molecule has 1 nitrogen and oxygen atoms in total. The lowest BCUT2D eigenvalue weighted by molar-refractivity contribution is 1.46. The molecule has 2 N–H and O–H groups in total. The van der Waals surface area contributed by atoms with E-state index in [1.807, 2.05) is 24.3 Å². The van der Waals surface area contributed by atoms with Crippen LogP contribution in [0.3, 0.4) is 0 Å². The smallest absolute Gasteiger partial charge is 0.0314 e. The number of anilines is 1. The largest absolute Gasteiger partial charge is 0.399 e. The molecule has 1 aromatic carbocycles. The van der Waals surface area contributed by atoms with Gasteiger partial charge in [-0.25, -0.2) is 10.9 Å². The summed E-state index contributed by atoms with van der Waals surface area (Å²) in [5.41, 5.74) is 6.33. The molecule has 0 aliphatic heterocycles. The number of thiol groups is 1. The number of hydrogen-bond acceptors (Lipinski definition) is 1. The summed E-state index contributed by atoms with van der Waals surface area (Å²) < 4.78 is 0. The Hall–Kier alpha value is -0.630. The van der Waals surface area contributed by atoms with Crippen LogP contribution in [0.4, 0.5) is 5.69 Å². The van der Waals surface area contributed by atoms with E-state index in [1.54, 1.807) is 0 Å². The second-order valence-corrected chi connectivity index (χ2v) is 4.20.